The first-order chi connectivity index (χ1) is 13.3. The zero-order valence-corrected chi connectivity index (χ0v) is 17.5. The largest absolute Gasteiger partial charge is 0.444 e. The highest BCUT2D eigenvalue weighted by Gasteiger charge is 2.28. The van der Waals surface area contributed by atoms with Crippen LogP contribution in [0.25, 0.3) is 10.6 Å². The zero-order valence-electron chi connectivity index (χ0n) is 16.7. The van der Waals surface area contributed by atoms with Crippen LogP contribution in [-0.4, -0.2) is 52.6 Å². The normalized spacial score (nSPS) is 15.4. The van der Waals surface area contributed by atoms with E-state index in [2.05, 4.69) is 15.7 Å². The standard InChI is InChI=1S/C20H26N4O3S/c1-20(2,3)27-19(26)24-9-6-13(7-10-24)16-12-28-18(23-16)14-5-8-22-15(11-14)17(25)21-4/h5,8,11-13H,6-7,9-10H2,1-4H3,(H,21,25). The number of rotatable bonds is 3. The molecule has 1 aliphatic heterocycles. The Morgan fingerprint density at radius 1 is 1.29 bits per heavy atom. The first kappa shape index (κ1) is 20.3. The number of piperidine rings is 1. The zero-order chi connectivity index (χ0) is 20.3. The second-order valence-electron chi connectivity index (χ2n) is 7.83. The minimum absolute atomic E-state index is 0.215. The van der Waals surface area contributed by atoms with E-state index in [1.165, 1.54) is 0 Å². The third-order valence-corrected chi connectivity index (χ3v) is 5.46. The number of amides is 2. The molecular weight excluding hydrogens is 376 g/mol. The van der Waals surface area contributed by atoms with Crippen molar-refractivity contribution in [3.63, 3.8) is 0 Å². The van der Waals surface area contributed by atoms with E-state index in [4.69, 9.17) is 9.72 Å². The molecule has 1 N–H and O–H groups in total. The van der Waals surface area contributed by atoms with Gasteiger partial charge in [-0.1, -0.05) is 0 Å². The maximum atomic E-state index is 12.2. The summed E-state index contributed by atoms with van der Waals surface area (Å²) in [4.78, 5) is 34.7. The molecule has 1 aliphatic rings. The second-order valence-corrected chi connectivity index (χ2v) is 8.69. The summed E-state index contributed by atoms with van der Waals surface area (Å²) in [5.41, 5.74) is 1.83. The number of carbonyl (C=O) groups is 2. The topological polar surface area (TPSA) is 84.4 Å². The predicted molar refractivity (Wildman–Crippen MR) is 109 cm³/mol. The Labute approximate surface area is 169 Å². The molecule has 1 fully saturated rings. The average molecular weight is 403 g/mol. The maximum absolute atomic E-state index is 12.2. The molecule has 2 aromatic rings. The Morgan fingerprint density at radius 2 is 2.00 bits per heavy atom. The smallest absolute Gasteiger partial charge is 0.410 e. The Hall–Kier alpha value is -2.48. The molecule has 2 aromatic heterocycles. The van der Waals surface area contributed by atoms with Crippen LogP contribution in [0.3, 0.4) is 0 Å². The highest BCUT2D eigenvalue weighted by Crippen LogP contribution is 2.32. The molecule has 28 heavy (non-hydrogen) atoms. The Bertz CT molecular complexity index is 851. The first-order valence-electron chi connectivity index (χ1n) is 9.38. The van der Waals surface area contributed by atoms with Crippen molar-refractivity contribution < 1.29 is 14.3 Å². The van der Waals surface area contributed by atoms with E-state index >= 15 is 0 Å². The molecule has 8 heteroatoms. The van der Waals surface area contributed by atoms with Crippen molar-refractivity contribution in [3.8, 4) is 10.6 Å². The average Bonchev–Trinajstić information content (AvgIpc) is 3.16. The molecule has 0 bridgehead atoms. The lowest BCUT2D eigenvalue weighted by atomic mass is 9.94. The Balaban J connectivity index is 1.64. The Kier molecular flexibility index (Phi) is 5.98. The fourth-order valence-electron chi connectivity index (χ4n) is 3.11. The van der Waals surface area contributed by atoms with Crippen LogP contribution in [0.4, 0.5) is 4.79 Å². The van der Waals surface area contributed by atoms with Crippen molar-refractivity contribution in [1.82, 2.24) is 20.2 Å². The number of hydrogen-bond acceptors (Lipinski definition) is 6. The summed E-state index contributed by atoms with van der Waals surface area (Å²) in [6.45, 7) is 6.97. The molecule has 0 spiro atoms. The molecule has 3 heterocycles. The molecule has 0 atom stereocenters. The predicted octanol–water partition coefficient (Wildman–Crippen LogP) is 3.68. The molecule has 0 aromatic carbocycles. The van der Waals surface area contributed by atoms with Crippen molar-refractivity contribution in [2.24, 2.45) is 0 Å². The van der Waals surface area contributed by atoms with Gasteiger partial charge in [0.05, 0.1) is 5.69 Å². The Morgan fingerprint density at radius 3 is 2.64 bits per heavy atom. The van der Waals surface area contributed by atoms with Crippen molar-refractivity contribution in [2.75, 3.05) is 20.1 Å². The molecule has 3 rings (SSSR count). The van der Waals surface area contributed by atoms with Crippen LogP contribution in [0.15, 0.2) is 23.7 Å². The van der Waals surface area contributed by atoms with Gasteiger partial charge in [-0.05, 0) is 45.7 Å². The molecule has 150 valence electrons. The van der Waals surface area contributed by atoms with Gasteiger partial charge in [0, 0.05) is 43.2 Å². The number of ether oxygens (including phenoxy) is 1. The summed E-state index contributed by atoms with van der Waals surface area (Å²) < 4.78 is 5.45. The van der Waals surface area contributed by atoms with Crippen molar-refractivity contribution in [2.45, 2.75) is 45.1 Å². The summed E-state index contributed by atoms with van der Waals surface area (Å²) in [7, 11) is 1.59. The van der Waals surface area contributed by atoms with Gasteiger partial charge < -0.3 is 15.0 Å². The summed E-state index contributed by atoms with van der Waals surface area (Å²) in [5.74, 6) is 0.108. The van der Waals surface area contributed by atoms with Crippen molar-refractivity contribution >= 4 is 23.3 Å². The van der Waals surface area contributed by atoms with Crippen LogP contribution in [0.2, 0.25) is 0 Å². The van der Waals surface area contributed by atoms with E-state index in [0.29, 0.717) is 24.7 Å². The van der Waals surface area contributed by atoms with Crippen LogP contribution < -0.4 is 5.32 Å². The third-order valence-electron chi connectivity index (χ3n) is 4.55. The van der Waals surface area contributed by atoms with Gasteiger partial charge >= 0.3 is 6.09 Å². The number of carbonyl (C=O) groups excluding carboxylic acids is 2. The minimum Gasteiger partial charge on any atom is -0.444 e. The summed E-state index contributed by atoms with van der Waals surface area (Å²) in [6, 6.07) is 3.62. The highest BCUT2D eigenvalue weighted by atomic mass is 32.1. The van der Waals surface area contributed by atoms with E-state index < -0.39 is 5.60 Å². The van der Waals surface area contributed by atoms with E-state index in [1.54, 1.807) is 35.5 Å². The summed E-state index contributed by atoms with van der Waals surface area (Å²) in [6.07, 6.45) is 3.11. The number of pyridine rings is 1. The molecule has 0 aliphatic carbocycles. The summed E-state index contributed by atoms with van der Waals surface area (Å²) >= 11 is 1.56. The number of nitrogens with zero attached hydrogens (tertiary/aromatic N) is 3. The monoisotopic (exact) mass is 402 g/mol. The molecule has 2 amide bonds. The first-order valence-corrected chi connectivity index (χ1v) is 10.3. The van der Waals surface area contributed by atoms with Crippen molar-refractivity contribution in [1.29, 1.82) is 0 Å². The second kappa shape index (κ2) is 8.26. The van der Waals surface area contributed by atoms with E-state index in [1.807, 2.05) is 26.8 Å². The lowest BCUT2D eigenvalue weighted by molar-refractivity contribution is 0.0204. The van der Waals surface area contributed by atoms with Gasteiger partial charge in [-0.25, -0.2) is 9.78 Å². The number of hydrogen-bond donors (Lipinski definition) is 1. The van der Waals surface area contributed by atoms with Crippen LogP contribution in [-0.2, 0) is 4.74 Å². The molecule has 0 radical (unpaired) electrons. The number of aromatic nitrogens is 2. The fourth-order valence-corrected chi connectivity index (χ4v) is 4.01. The molecule has 0 unspecified atom stereocenters. The lowest BCUT2D eigenvalue weighted by Gasteiger charge is -2.32. The lowest BCUT2D eigenvalue weighted by Crippen LogP contribution is -2.41. The van der Waals surface area contributed by atoms with Crippen LogP contribution in [0, 0.1) is 0 Å². The SMILES string of the molecule is CNC(=O)c1cc(-c2nc(C3CCN(C(=O)OC(C)(C)C)CC3)cs2)ccn1. The van der Waals surface area contributed by atoms with Gasteiger partial charge in [0.15, 0.2) is 0 Å². The number of likely N-dealkylation sites (tertiary alicyclic amines) is 1. The van der Waals surface area contributed by atoms with Crippen molar-refractivity contribution in [3.05, 3.63) is 35.1 Å². The van der Waals surface area contributed by atoms with Gasteiger partial charge in [-0.15, -0.1) is 11.3 Å². The van der Waals surface area contributed by atoms with Gasteiger partial charge in [0.2, 0.25) is 0 Å². The molecular formula is C20H26N4O3S. The van der Waals surface area contributed by atoms with Gasteiger partial charge in [-0.3, -0.25) is 9.78 Å². The third kappa shape index (κ3) is 4.86. The number of thiazole rings is 1. The molecule has 0 saturated carbocycles. The number of nitrogens with one attached hydrogen (secondary N) is 1. The van der Waals surface area contributed by atoms with Gasteiger partial charge in [0.25, 0.3) is 5.91 Å². The quantitative estimate of drug-likeness (QED) is 0.847. The van der Waals surface area contributed by atoms with Gasteiger partial charge in [-0.2, -0.15) is 0 Å². The highest BCUT2D eigenvalue weighted by molar-refractivity contribution is 7.13. The van der Waals surface area contributed by atoms with E-state index in [-0.39, 0.29) is 12.0 Å². The van der Waals surface area contributed by atoms with Gasteiger partial charge in [0.1, 0.15) is 16.3 Å². The minimum atomic E-state index is -0.476. The molecule has 7 nitrogen and oxygen atoms in total. The van der Waals surface area contributed by atoms with E-state index in [0.717, 1.165) is 29.1 Å². The van der Waals surface area contributed by atoms with Crippen LogP contribution in [0.1, 0.15) is 55.7 Å². The van der Waals surface area contributed by atoms with E-state index in [9.17, 15) is 9.59 Å². The summed E-state index contributed by atoms with van der Waals surface area (Å²) in [5, 5.41) is 5.53. The maximum Gasteiger partial charge on any atom is 0.410 e. The van der Waals surface area contributed by atoms with Crippen LogP contribution in [0.5, 0.6) is 0 Å². The molecule has 1 saturated heterocycles. The van der Waals surface area contributed by atoms with Crippen LogP contribution >= 0.6 is 11.3 Å². The fraction of sp³-hybridized carbons (Fsp3) is 0.500.